The van der Waals surface area contributed by atoms with Crippen LogP contribution in [0.4, 0.5) is 17.1 Å². The molecule has 5 rings (SSSR count). The second kappa shape index (κ2) is 11.8. The number of nitrogens with two attached hydrogens (primary N) is 1. The number of fused-ring (bicyclic) bond motifs is 1. The van der Waals surface area contributed by atoms with Crippen molar-refractivity contribution in [1.29, 1.82) is 0 Å². The van der Waals surface area contributed by atoms with Crippen LogP contribution in [-0.4, -0.2) is 63.8 Å². The molecule has 1 aromatic heterocycles. The van der Waals surface area contributed by atoms with E-state index in [0.29, 0.717) is 35.0 Å². The third-order valence-corrected chi connectivity index (χ3v) is 11.0. The highest BCUT2D eigenvalue weighted by Gasteiger charge is 2.41. The zero-order valence-electron chi connectivity index (χ0n) is 22.7. The van der Waals surface area contributed by atoms with Crippen LogP contribution in [0.3, 0.4) is 0 Å². The number of carbonyl (C=O) groups is 1. The normalized spacial score (nSPS) is 19.6. The van der Waals surface area contributed by atoms with Gasteiger partial charge in [0.25, 0.3) is 0 Å². The Hall–Kier alpha value is -3.12. The molecule has 40 heavy (non-hydrogen) atoms. The van der Waals surface area contributed by atoms with Crippen molar-refractivity contribution in [3.05, 3.63) is 53.4 Å². The van der Waals surface area contributed by atoms with Gasteiger partial charge in [0.2, 0.25) is 10.0 Å². The molecule has 2 aliphatic rings. The molecule has 3 aromatic rings. The number of sulfonamides is 1. The lowest BCUT2D eigenvalue weighted by Gasteiger charge is -2.36. The Balaban J connectivity index is 1.72. The van der Waals surface area contributed by atoms with Gasteiger partial charge in [0, 0.05) is 48.9 Å². The molecule has 2 aromatic carbocycles. The molecule has 1 fully saturated rings. The lowest BCUT2D eigenvalue weighted by molar-refractivity contribution is 0.0703. The predicted octanol–water partition coefficient (Wildman–Crippen LogP) is 5.44. The van der Waals surface area contributed by atoms with Gasteiger partial charge in [-0.1, -0.05) is 37.5 Å². The third kappa shape index (κ3) is 5.43. The van der Waals surface area contributed by atoms with Crippen molar-refractivity contribution in [2.45, 2.75) is 43.0 Å². The summed E-state index contributed by atoms with van der Waals surface area (Å²) in [6, 6.07) is 14.5. The van der Waals surface area contributed by atoms with E-state index in [0.717, 1.165) is 42.7 Å². The van der Waals surface area contributed by atoms with E-state index < -0.39 is 16.0 Å². The zero-order valence-corrected chi connectivity index (χ0v) is 24.3. The smallest absolute Gasteiger partial charge is 0.348 e. The summed E-state index contributed by atoms with van der Waals surface area (Å²) in [5.74, 6) is -0.451. The van der Waals surface area contributed by atoms with E-state index in [1.165, 1.54) is 6.42 Å². The first-order valence-corrected chi connectivity index (χ1v) is 15.7. The first-order chi connectivity index (χ1) is 19.2. The van der Waals surface area contributed by atoms with E-state index in [1.54, 1.807) is 36.7 Å². The summed E-state index contributed by atoms with van der Waals surface area (Å²) >= 11 is 0.994. The average molecular weight is 586 g/mol. The molecule has 1 aliphatic heterocycles. The van der Waals surface area contributed by atoms with Gasteiger partial charge in [-0.2, -0.15) is 4.31 Å². The number of para-hydroxylation sites is 1. The molecule has 1 aliphatic carbocycles. The van der Waals surface area contributed by atoms with Gasteiger partial charge in [0.1, 0.15) is 22.1 Å². The number of benzene rings is 2. The molecule has 2 heterocycles. The number of thiophene rings is 1. The Morgan fingerprint density at radius 3 is 2.48 bits per heavy atom. The van der Waals surface area contributed by atoms with Crippen molar-refractivity contribution in [3.63, 3.8) is 0 Å². The van der Waals surface area contributed by atoms with Crippen molar-refractivity contribution in [2.24, 2.45) is 5.92 Å². The van der Waals surface area contributed by atoms with Crippen LogP contribution in [0.15, 0.2) is 53.4 Å². The molecule has 11 heteroatoms. The molecule has 1 saturated carbocycles. The summed E-state index contributed by atoms with van der Waals surface area (Å²) in [6.45, 7) is 1.07. The number of carboxylic acid groups (broad SMARTS) is 1. The number of anilines is 3. The standard InChI is InChI=1S/C29H35N3O6S2/c1-31-24(19-9-5-3-6-10-19)18-32(20-11-7-4-8-12-20)23-17-25(38-14-13-37-2)21(15-27(23)40(31,35)36)26-16-22(30)28(39-26)29(33)34/h4,7-8,11-12,15-17,19,24H,3,5-6,9-10,13-14,18,30H2,1-2H3,(H,33,34)/t24-/m0/s1. The molecule has 0 bridgehead atoms. The maximum absolute atomic E-state index is 14.3. The van der Waals surface area contributed by atoms with Gasteiger partial charge in [-0.15, -0.1) is 11.3 Å². The van der Waals surface area contributed by atoms with E-state index in [1.807, 2.05) is 30.3 Å². The highest BCUT2D eigenvalue weighted by Crippen LogP contribution is 2.47. The molecule has 0 saturated heterocycles. The Morgan fingerprint density at radius 1 is 1.10 bits per heavy atom. The van der Waals surface area contributed by atoms with Crippen molar-refractivity contribution in [2.75, 3.05) is 44.5 Å². The van der Waals surface area contributed by atoms with Crippen LogP contribution >= 0.6 is 11.3 Å². The summed E-state index contributed by atoms with van der Waals surface area (Å²) < 4.78 is 41.5. The van der Waals surface area contributed by atoms with Crippen LogP contribution in [0.25, 0.3) is 10.4 Å². The van der Waals surface area contributed by atoms with E-state index in [9.17, 15) is 18.3 Å². The maximum Gasteiger partial charge on any atom is 0.348 e. The topological polar surface area (TPSA) is 122 Å². The largest absolute Gasteiger partial charge is 0.490 e. The lowest BCUT2D eigenvalue weighted by atomic mass is 9.83. The Bertz CT molecular complexity index is 1470. The SMILES string of the molecule is COCCOc1cc2c(cc1-c1cc(N)c(C(=O)O)s1)S(=O)(=O)N(C)[C@H](C1CCCCC1)CN2c1ccccc1. The zero-order chi connectivity index (χ0) is 28.4. The fraction of sp³-hybridized carbons (Fsp3) is 0.414. The van der Waals surface area contributed by atoms with Gasteiger partial charge in [-0.05, 0) is 43.0 Å². The minimum Gasteiger partial charge on any atom is -0.490 e. The van der Waals surface area contributed by atoms with Crippen molar-refractivity contribution in [1.82, 2.24) is 4.31 Å². The summed E-state index contributed by atoms with van der Waals surface area (Å²) in [7, 11) is -0.664. The number of methoxy groups -OCH3 is 1. The van der Waals surface area contributed by atoms with E-state index in [4.69, 9.17) is 15.2 Å². The quantitative estimate of drug-likeness (QED) is 0.335. The predicted molar refractivity (Wildman–Crippen MR) is 157 cm³/mol. The highest BCUT2D eigenvalue weighted by atomic mass is 32.2. The molecule has 9 nitrogen and oxygen atoms in total. The van der Waals surface area contributed by atoms with Gasteiger partial charge >= 0.3 is 5.97 Å². The summed E-state index contributed by atoms with van der Waals surface area (Å²) in [6.07, 6.45) is 5.36. The number of carboxylic acids is 1. The number of likely N-dealkylation sites (N-methyl/N-ethyl adjacent to an activating group) is 1. The van der Waals surface area contributed by atoms with Crippen LogP contribution in [0, 0.1) is 5.92 Å². The highest BCUT2D eigenvalue weighted by molar-refractivity contribution is 7.89. The number of nitrogens with zero attached hydrogens (tertiary/aromatic N) is 2. The van der Waals surface area contributed by atoms with Gasteiger partial charge < -0.3 is 25.2 Å². The Labute approximate surface area is 239 Å². The van der Waals surface area contributed by atoms with Crippen LogP contribution in [0.1, 0.15) is 41.8 Å². The number of rotatable bonds is 8. The molecule has 0 amide bonds. The third-order valence-electron chi connectivity index (χ3n) is 7.87. The first kappa shape index (κ1) is 28.4. The fourth-order valence-corrected chi connectivity index (χ4v) is 8.31. The summed E-state index contributed by atoms with van der Waals surface area (Å²) in [5.41, 5.74) is 8.03. The molecule has 1 atom stereocenters. The van der Waals surface area contributed by atoms with Crippen LogP contribution in [0.2, 0.25) is 0 Å². The second-order valence-electron chi connectivity index (χ2n) is 10.3. The summed E-state index contributed by atoms with van der Waals surface area (Å²) in [5, 5.41) is 9.60. The van der Waals surface area contributed by atoms with Gasteiger partial charge in [0.15, 0.2) is 0 Å². The molecule has 3 N–H and O–H groups in total. The minimum absolute atomic E-state index is 0.00367. The molecule has 0 radical (unpaired) electrons. The van der Waals surface area contributed by atoms with Gasteiger partial charge in [-0.25, -0.2) is 13.2 Å². The lowest BCUT2D eigenvalue weighted by Crippen LogP contribution is -2.46. The molecule has 0 spiro atoms. The van der Waals surface area contributed by atoms with E-state index in [2.05, 4.69) is 4.90 Å². The second-order valence-corrected chi connectivity index (χ2v) is 13.3. The first-order valence-electron chi connectivity index (χ1n) is 13.5. The number of ether oxygens (including phenoxy) is 2. The number of hydrogen-bond acceptors (Lipinski definition) is 8. The number of aromatic carboxylic acids is 1. The van der Waals surface area contributed by atoms with E-state index in [-0.39, 0.29) is 34.0 Å². The van der Waals surface area contributed by atoms with Crippen molar-refractivity contribution in [3.8, 4) is 16.2 Å². The maximum atomic E-state index is 14.3. The minimum atomic E-state index is -3.92. The number of hydrogen-bond donors (Lipinski definition) is 2. The molecule has 214 valence electrons. The molecular weight excluding hydrogens is 550 g/mol. The Kier molecular flexibility index (Phi) is 8.37. The van der Waals surface area contributed by atoms with Crippen LogP contribution in [0.5, 0.6) is 5.75 Å². The van der Waals surface area contributed by atoms with Crippen molar-refractivity contribution < 1.29 is 27.8 Å². The monoisotopic (exact) mass is 585 g/mol. The number of nitrogen functional groups attached to an aromatic ring is 1. The fourth-order valence-electron chi connectivity index (χ4n) is 5.77. The molecular formula is C29H35N3O6S2. The Morgan fingerprint density at radius 2 is 1.82 bits per heavy atom. The van der Waals surface area contributed by atoms with E-state index >= 15 is 0 Å². The summed E-state index contributed by atoms with van der Waals surface area (Å²) in [4.78, 5) is 14.5. The van der Waals surface area contributed by atoms with Gasteiger partial charge in [0.05, 0.1) is 18.0 Å². The van der Waals surface area contributed by atoms with Crippen molar-refractivity contribution >= 4 is 44.4 Å². The van der Waals surface area contributed by atoms with Crippen LogP contribution < -0.4 is 15.4 Å². The van der Waals surface area contributed by atoms with Gasteiger partial charge in [-0.3, -0.25) is 0 Å². The van der Waals surface area contributed by atoms with Crippen LogP contribution in [-0.2, 0) is 14.8 Å². The molecule has 0 unspecified atom stereocenters. The average Bonchev–Trinajstić information content (AvgIpc) is 3.32.